The molecule has 0 saturated heterocycles. The predicted molar refractivity (Wildman–Crippen MR) is 91.6 cm³/mol. The number of benzene rings is 1. The molecule has 1 saturated carbocycles. The van der Waals surface area contributed by atoms with Gasteiger partial charge in [-0.25, -0.2) is 0 Å². The van der Waals surface area contributed by atoms with Crippen molar-refractivity contribution in [3.8, 4) is 5.75 Å². The number of amides is 1. The third-order valence-electron chi connectivity index (χ3n) is 4.29. The largest absolute Gasteiger partial charge is 0.497 e. The van der Waals surface area contributed by atoms with Gasteiger partial charge in [-0.1, -0.05) is 19.1 Å². The molecule has 0 heterocycles. The summed E-state index contributed by atoms with van der Waals surface area (Å²) in [6.45, 7) is 2.07. The second-order valence-corrected chi connectivity index (χ2v) is 6.06. The van der Waals surface area contributed by atoms with Crippen LogP contribution in [0.4, 0.5) is 0 Å². The van der Waals surface area contributed by atoms with E-state index in [1.807, 2.05) is 24.3 Å². The van der Waals surface area contributed by atoms with E-state index in [-0.39, 0.29) is 24.2 Å². The van der Waals surface area contributed by atoms with Gasteiger partial charge in [0.15, 0.2) is 0 Å². The van der Waals surface area contributed by atoms with Crippen LogP contribution >= 0.6 is 12.4 Å². The summed E-state index contributed by atoms with van der Waals surface area (Å²) in [7, 11) is 1.66. The highest BCUT2D eigenvalue weighted by Crippen LogP contribution is 2.23. The lowest BCUT2D eigenvalue weighted by molar-refractivity contribution is -0.122. The summed E-state index contributed by atoms with van der Waals surface area (Å²) in [4.78, 5) is 12.2. The van der Waals surface area contributed by atoms with E-state index >= 15 is 0 Å². The van der Waals surface area contributed by atoms with Gasteiger partial charge in [0.05, 0.1) is 7.11 Å². The van der Waals surface area contributed by atoms with Crippen LogP contribution in [0.25, 0.3) is 0 Å². The molecule has 5 heteroatoms. The fraction of sp³-hybridized carbons (Fsp3) is 0.588. The van der Waals surface area contributed by atoms with Gasteiger partial charge in [-0.2, -0.15) is 0 Å². The van der Waals surface area contributed by atoms with Crippen molar-refractivity contribution in [1.82, 2.24) is 5.32 Å². The van der Waals surface area contributed by atoms with Crippen molar-refractivity contribution in [2.75, 3.05) is 7.11 Å². The molecule has 1 fully saturated rings. The summed E-state index contributed by atoms with van der Waals surface area (Å²) in [5, 5.41) is 3.14. The molecule has 0 bridgehead atoms. The predicted octanol–water partition coefficient (Wildman–Crippen LogP) is 3.00. The summed E-state index contributed by atoms with van der Waals surface area (Å²) >= 11 is 0. The highest BCUT2D eigenvalue weighted by Gasteiger charge is 2.21. The van der Waals surface area contributed by atoms with Crippen LogP contribution in [-0.4, -0.2) is 25.1 Å². The number of hydrogen-bond donors (Lipinski definition) is 2. The van der Waals surface area contributed by atoms with Crippen molar-refractivity contribution >= 4 is 18.3 Å². The Morgan fingerprint density at radius 2 is 2.05 bits per heavy atom. The Kier molecular flexibility index (Phi) is 7.69. The van der Waals surface area contributed by atoms with Gasteiger partial charge in [-0.05, 0) is 49.3 Å². The van der Waals surface area contributed by atoms with Gasteiger partial charge in [-0.15, -0.1) is 12.4 Å². The molecule has 1 aliphatic rings. The van der Waals surface area contributed by atoms with Crippen LogP contribution in [0.3, 0.4) is 0 Å². The normalized spacial score (nSPS) is 22.3. The summed E-state index contributed by atoms with van der Waals surface area (Å²) in [5.41, 5.74) is 7.02. The Hall–Kier alpha value is -1.26. The molecule has 0 radical (unpaired) electrons. The Bertz CT molecular complexity index is 473. The first-order chi connectivity index (χ1) is 10.1. The molecule has 0 aromatic heterocycles. The van der Waals surface area contributed by atoms with E-state index < -0.39 is 0 Å². The van der Waals surface area contributed by atoms with Gasteiger partial charge < -0.3 is 15.8 Å². The zero-order chi connectivity index (χ0) is 15.2. The van der Waals surface area contributed by atoms with Crippen LogP contribution in [0.15, 0.2) is 24.3 Å². The molecule has 1 aromatic rings. The van der Waals surface area contributed by atoms with Gasteiger partial charge in [0.1, 0.15) is 5.75 Å². The third kappa shape index (κ3) is 5.50. The number of nitrogens with two attached hydrogens (primary N) is 1. The minimum Gasteiger partial charge on any atom is -0.497 e. The minimum absolute atomic E-state index is 0. The average Bonchev–Trinajstić information content (AvgIpc) is 2.49. The van der Waals surface area contributed by atoms with Gasteiger partial charge >= 0.3 is 0 Å². The van der Waals surface area contributed by atoms with Crippen molar-refractivity contribution in [3.05, 3.63) is 29.8 Å². The second kappa shape index (κ2) is 9.01. The molecule has 3 N–H and O–H groups in total. The first-order valence-corrected chi connectivity index (χ1v) is 7.77. The molecule has 2 rings (SSSR count). The van der Waals surface area contributed by atoms with Gasteiger partial charge in [-0.3, -0.25) is 4.79 Å². The van der Waals surface area contributed by atoms with Crippen LogP contribution < -0.4 is 15.8 Å². The van der Waals surface area contributed by atoms with E-state index in [0.717, 1.165) is 37.0 Å². The number of nitrogens with one attached hydrogen (secondary N) is 1. The van der Waals surface area contributed by atoms with E-state index in [2.05, 4.69) is 12.2 Å². The van der Waals surface area contributed by atoms with Crippen LogP contribution in [0, 0.1) is 0 Å². The minimum atomic E-state index is 0. The van der Waals surface area contributed by atoms with Crippen molar-refractivity contribution in [3.63, 3.8) is 0 Å². The number of hydrogen-bond acceptors (Lipinski definition) is 3. The number of methoxy groups -OCH3 is 1. The lowest BCUT2D eigenvalue weighted by Crippen LogP contribution is -2.40. The third-order valence-corrected chi connectivity index (χ3v) is 4.29. The lowest BCUT2D eigenvalue weighted by atomic mass is 9.91. The van der Waals surface area contributed by atoms with E-state index in [9.17, 15) is 4.79 Å². The van der Waals surface area contributed by atoms with Crippen molar-refractivity contribution in [2.24, 2.45) is 5.73 Å². The van der Waals surface area contributed by atoms with E-state index in [1.54, 1.807) is 7.11 Å². The summed E-state index contributed by atoms with van der Waals surface area (Å²) in [6.07, 6.45) is 4.53. The molecule has 1 aliphatic carbocycles. The molecule has 124 valence electrons. The molecule has 0 aliphatic heterocycles. The topological polar surface area (TPSA) is 64.3 Å². The average molecular weight is 327 g/mol. The van der Waals surface area contributed by atoms with Gasteiger partial charge in [0, 0.05) is 18.5 Å². The maximum Gasteiger partial charge on any atom is 0.220 e. The second-order valence-electron chi connectivity index (χ2n) is 6.06. The molecule has 0 spiro atoms. The monoisotopic (exact) mass is 326 g/mol. The highest BCUT2D eigenvalue weighted by molar-refractivity contribution is 5.85. The van der Waals surface area contributed by atoms with Crippen molar-refractivity contribution < 1.29 is 9.53 Å². The Balaban J connectivity index is 0.00000242. The van der Waals surface area contributed by atoms with Crippen LogP contribution in [-0.2, 0) is 4.79 Å². The van der Waals surface area contributed by atoms with E-state index in [1.165, 1.54) is 0 Å². The fourth-order valence-corrected chi connectivity index (χ4v) is 2.89. The SMILES string of the molecule is COc1cccc(C(C)CC(=O)NC2CCC(N)CC2)c1.Cl. The number of carbonyl (C=O) groups excluding carboxylic acids is 1. The lowest BCUT2D eigenvalue weighted by Gasteiger charge is -2.27. The fourth-order valence-electron chi connectivity index (χ4n) is 2.89. The van der Waals surface area contributed by atoms with Gasteiger partial charge in [0.2, 0.25) is 5.91 Å². The first-order valence-electron chi connectivity index (χ1n) is 7.77. The molecule has 4 nitrogen and oxygen atoms in total. The van der Waals surface area contributed by atoms with Crippen LogP contribution in [0.5, 0.6) is 5.75 Å². The molecule has 1 atom stereocenters. The Labute approximate surface area is 139 Å². The van der Waals surface area contributed by atoms with E-state index in [4.69, 9.17) is 10.5 Å². The first kappa shape index (κ1) is 18.8. The standard InChI is InChI=1S/C17H26N2O2.ClH/c1-12(13-4-3-5-16(11-13)21-2)10-17(20)19-15-8-6-14(18)7-9-15;/h3-5,11-12,14-15H,6-10,18H2,1-2H3,(H,19,20);1H. The number of carbonyl (C=O) groups is 1. The maximum atomic E-state index is 12.2. The van der Waals surface area contributed by atoms with Crippen molar-refractivity contribution in [1.29, 1.82) is 0 Å². The molecular weight excluding hydrogens is 300 g/mol. The molecule has 1 aromatic carbocycles. The summed E-state index contributed by atoms with van der Waals surface area (Å²) in [5.74, 6) is 1.15. The maximum absolute atomic E-state index is 12.2. The number of rotatable bonds is 5. The zero-order valence-corrected chi connectivity index (χ0v) is 14.2. The number of halogens is 1. The smallest absolute Gasteiger partial charge is 0.220 e. The molecular formula is C17H27ClN2O2. The number of ether oxygens (including phenoxy) is 1. The molecule has 1 amide bonds. The Morgan fingerprint density at radius 3 is 2.68 bits per heavy atom. The van der Waals surface area contributed by atoms with E-state index in [0.29, 0.717) is 18.5 Å². The van der Waals surface area contributed by atoms with Crippen LogP contribution in [0.1, 0.15) is 50.5 Å². The zero-order valence-electron chi connectivity index (χ0n) is 13.4. The summed E-state index contributed by atoms with van der Waals surface area (Å²) < 4.78 is 5.23. The van der Waals surface area contributed by atoms with Crippen LogP contribution in [0.2, 0.25) is 0 Å². The molecule has 1 unspecified atom stereocenters. The van der Waals surface area contributed by atoms with Crippen molar-refractivity contribution in [2.45, 2.75) is 57.0 Å². The van der Waals surface area contributed by atoms with Gasteiger partial charge in [0.25, 0.3) is 0 Å². The Morgan fingerprint density at radius 1 is 1.36 bits per heavy atom. The summed E-state index contributed by atoms with van der Waals surface area (Å²) in [6, 6.07) is 8.54. The highest BCUT2D eigenvalue weighted by atomic mass is 35.5. The molecule has 22 heavy (non-hydrogen) atoms. The quantitative estimate of drug-likeness (QED) is 0.874.